The average molecular weight is 374 g/mol. The Labute approximate surface area is 159 Å². The second-order valence-corrected chi connectivity index (χ2v) is 6.73. The van der Waals surface area contributed by atoms with Crippen molar-refractivity contribution in [3.8, 4) is 22.7 Å². The number of aromatic nitrogens is 6. The summed E-state index contributed by atoms with van der Waals surface area (Å²) < 4.78 is 8.97. The molecule has 140 valence electrons. The zero-order valence-corrected chi connectivity index (χ0v) is 15.7. The smallest absolute Gasteiger partial charge is 0.273 e. The highest BCUT2D eigenvalue weighted by molar-refractivity contribution is 5.87. The molecule has 4 aromatic heterocycles. The van der Waals surface area contributed by atoms with Gasteiger partial charge in [-0.15, -0.1) is 0 Å². The lowest BCUT2D eigenvalue weighted by Gasteiger charge is -2.04. The summed E-state index contributed by atoms with van der Waals surface area (Å²) in [5, 5.41) is 8.54. The highest BCUT2D eigenvalue weighted by Crippen LogP contribution is 2.27. The number of nitrogens with one attached hydrogen (secondary N) is 1. The molecule has 28 heavy (non-hydrogen) atoms. The van der Waals surface area contributed by atoms with Gasteiger partial charge in [0.2, 0.25) is 5.89 Å². The second-order valence-electron chi connectivity index (χ2n) is 6.73. The first kappa shape index (κ1) is 16.5. The van der Waals surface area contributed by atoms with Crippen LogP contribution in [0.15, 0.2) is 45.9 Å². The number of fused-ring (bicyclic) bond motifs is 2. The number of oxazole rings is 1. The molecule has 4 heterocycles. The minimum atomic E-state index is -0.199. The van der Waals surface area contributed by atoms with Crippen molar-refractivity contribution >= 4 is 16.6 Å². The fourth-order valence-electron chi connectivity index (χ4n) is 3.51. The minimum Gasteiger partial charge on any atom is -0.441 e. The van der Waals surface area contributed by atoms with Gasteiger partial charge in [-0.3, -0.25) is 14.6 Å². The molecule has 8 heteroatoms. The monoisotopic (exact) mass is 374 g/mol. The van der Waals surface area contributed by atoms with Crippen molar-refractivity contribution in [3.63, 3.8) is 0 Å². The highest BCUT2D eigenvalue weighted by atomic mass is 16.4. The Morgan fingerprint density at radius 3 is 2.82 bits per heavy atom. The Balaban J connectivity index is 1.72. The number of aromatic amines is 1. The van der Waals surface area contributed by atoms with Crippen molar-refractivity contribution in [1.29, 1.82) is 0 Å². The van der Waals surface area contributed by atoms with Gasteiger partial charge in [-0.25, -0.2) is 14.5 Å². The van der Waals surface area contributed by atoms with E-state index in [0.29, 0.717) is 28.6 Å². The summed E-state index contributed by atoms with van der Waals surface area (Å²) in [5.74, 6) is 1.12. The first-order valence-electron chi connectivity index (χ1n) is 9.06. The molecule has 5 rings (SSSR count). The van der Waals surface area contributed by atoms with Crippen LogP contribution < -0.4 is 5.56 Å². The van der Waals surface area contributed by atoms with E-state index >= 15 is 0 Å². The van der Waals surface area contributed by atoms with E-state index in [0.717, 1.165) is 28.7 Å². The van der Waals surface area contributed by atoms with Crippen LogP contribution >= 0.6 is 0 Å². The molecule has 0 amide bonds. The topological polar surface area (TPSA) is 94.0 Å². The molecule has 5 aromatic rings. The van der Waals surface area contributed by atoms with E-state index in [1.54, 1.807) is 12.4 Å². The second kappa shape index (κ2) is 5.91. The summed E-state index contributed by atoms with van der Waals surface area (Å²) in [5.41, 5.74) is 4.40. The molecule has 0 radical (unpaired) electrons. The number of benzene rings is 1. The third-order valence-corrected chi connectivity index (χ3v) is 4.88. The van der Waals surface area contributed by atoms with Gasteiger partial charge in [0.15, 0.2) is 5.65 Å². The zero-order valence-electron chi connectivity index (χ0n) is 15.7. The standard InChI is InChI=1S/C20H18N6O2/c1-4-25-17-6-5-13(7-14(17)12(3)24-25)16-8-18(27)26-19(23-16)15(10-22-26)20-21-9-11(2)28-20/h5-10,22H,4H2,1-3H3. The Morgan fingerprint density at radius 2 is 2.07 bits per heavy atom. The van der Waals surface area contributed by atoms with Crippen LogP contribution in [0.1, 0.15) is 18.4 Å². The first-order valence-corrected chi connectivity index (χ1v) is 9.06. The van der Waals surface area contributed by atoms with Crippen molar-refractivity contribution in [2.24, 2.45) is 0 Å². The van der Waals surface area contributed by atoms with Gasteiger partial charge < -0.3 is 4.42 Å². The molecule has 0 saturated heterocycles. The van der Waals surface area contributed by atoms with Crippen LogP contribution in [0, 0.1) is 13.8 Å². The van der Waals surface area contributed by atoms with Gasteiger partial charge in [0, 0.05) is 29.8 Å². The Morgan fingerprint density at radius 1 is 1.21 bits per heavy atom. The number of rotatable bonds is 3. The van der Waals surface area contributed by atoms with E-state index in [-0.39, 0.29) is 5.56 Å². The lowest BCUT2D eigenvalue weighted by molar-refractivity contribution is 0.543. The van der Waals surface area contributed by atoms with Crippen molar-refractivity contribution in [2.45, 2.75) is 27.3 Å². The molecule has 1 aromatic carbocycles. The maximum Gasteiger partial charge on any atom is 0.273 e. The van der Waals surface area contributed by atoms with Crippen LogP contribution in [0.2, 0.25) is 0 Å². The maximum absolute atomic E-state index is 12.6. The largest absolute Gasteiger partial charge is 0.441 e. The Bertz CT molecular complexity index is 1400. The summed E-state index contributed by atoms with van der Waals surface area (Å²) >= 11 is 0. The number of hydrogen-bond acceptors (Lipinski definition) is 5. The number of hydrogen-bond donors (Lipinski definition) is 1. The van der Waals surface area contributed by atoms with E-state index < -0.39 is 0 Å². The summed E-state index contributed by atoms with van der Waals surface area (Å²) in [6, 6.07) is 7.54. The molecule has 0 saturated carbocycles. The molecule has 0 fully saturated rings. The summed E-state index contributed by atoms with van der Waals surface area (Å²) in [4.78, 5) is 21.6. The third kappa shape index (κ3) is 2.38. The molecule has 0 bridgehead atoms. The summed E-state index contributed by atoms with van der Waals surface area (Å²) in [6.07, 6.45) is 3.32. The van der Waals surface area contributed by atoms with Crippen LogP contribution in [0.5, 0.6) is 0 Å². The molecule has 0 aliphatic carbocycles. The van der Waals surface area contributed by atoms with Gasteiger partial charge in [0.25, 0.3) is 5.56 Å². The van der Waals surface area contributed by atoms with E-state index in [1.807, 2.05) is 36.7 Å². The van der Waals surface area contributed by atoms with Gasteiger partial charge in [-0.05, 0) is 32.9 Å². The minimum absolute atomic E-state index is 0.199. The average Bonchev–Trinajstić information content (AvgIpc) is 3.38. The van der Waals surface area contributed by atoms with Crippen molar-refractivity contribution in [2.75, 3.05) is 0 Å². The molecule has 0 unspecified atom stereocenters. The van der Waals surface area contributed by atoms with Crippen molar-refractivity contribution in [3.05, 3.63) is 58.5 Å². The van der Waals surface area contributed by atoms with Crippen molar-refractivity contribution < 1.29 is 4.42 Å². The molecular weight excluding hydrogens is 356 g/mol. The summed E-state index contributed by atoms with van der Waals surface area (Å²) in [6.45, 7) is 6.68. The van der Waals surface area contributed by atoms with Crippen molar-refractivity contribution in [1.82, 2.24) is 29.4 Å². The normalized spacial score (nSPS) is 11.7. The Kier molecular flexibility index (Phi) is 3.48. The van der Waals surface area contributed by atoms with Gasteiger partial charge in [-0.2, -0.15) is 5.10 Å². The predicted octanol–water partition coefficient (Wildman–Crippen LogP) is 3.33. The van der Waals surface area contributed by atoms with E-state index in [2.05, 4.69) is 22.1 Å². The fraction of sp³-hybridized carbons (Fsp3) is 0.200. The molecule has 0 aliphatic heterocycles. The quantitative estimate of drug-likeness (QED) is 0.523. The number of aryl methyl sites for hydroxylation is 3. The SMILES string of the molecule is CCn1nc(C)c2cc(-c3cc(=O)n4[nH]cc(-c5ncc(C)o5)c4n3)ccc21. The van der Waals surface area contributed by atoms with Crippen LogP contribution in [0.25, 0.3) is 39.3 Å². The maximum atomic E-state index is 12.6. The Hall–Kier alpha value is -3.68. The zero-order chi connectivity index (χ0) is 19.4. The highest BCUT2D eigenvalue weighted by Gasteiger charge is 2.16. The molecule has 1 N–H and O–H groups in total. The molecule has 0 aliphatic rings. The van der Waals surface area contributed by atoms with E-state index in [4.69, 9.17) is 9.40 Å². The molecule has 8 nitrogen and oxygen atoms in total. The number of nitrogens with zero attached hydrogens (tertiary/aromatic N) is 5. The third-order valence-electron chi connectivity index (χ3n) is 4.88. The lowest BCUT2D eigenvalue weighted by atomic mass is 10.1. The predicted molar refractivity (Wildman–Crippen MR) is 105 cm³/mol. The van der Waals surface area contributed by atoms with E-state index in [9.17, 15) is 4.79 Å². The molecular formula is C20H18N6O2. The van der Waals surface area contributed by atoms with Crippen LogP contribution in [0.3, 0.4) is 0 Å². The van der Waals surface area contributed by atoms with Gasteiger partial charge in [-0.1, -0.05) is 6.07 Å². The van der Waals surface area contributed by atoms with Crippen LogP contribution in [0.4, 0.5) is 0 Å². The fourth-order valence-corrected chi connectivity index (χ4v) is 3.51. The molecule has 0 spiro atoms. The van der Waals surface area contributed by atoms with Gasteiger partial charge >= 0.3 is 0 Å². The van der Waals surface area contributed by atoms with Gasteiger partial charge in [0.05, 0.1) is 28.7 Å². The summed E-state index contributed by atoms with van der Waals surface area (Å²) in [7, 11) is 0. The van der Waals surface area contributed by atoms with E-state index in [1.165, 1.54) is 10.6 Å². The lowest BCUT2D eigenvalue weighted by Crippen LogP contribution is -2.14. The molecule has 0 atom stereocenters. The first-order chi connectivity index (χ1) is 13.5. The number of H-pyrrole nitrogens is 1. The van der Waals surface area contributed by atoms with Crippen LogP contribution in [-0.4, -0.2) is 29.4 Å². The van der Waals surface area contributed by atoms with Gasteiger partial charge in [0.1, 0.15) is 5.76 Å². The van der Waals surface area contributed by atoms with Crippen LogP contribution in [-0.2, 0) is 6.54 Å².